The molecule has 162 valence electrons. The number of piperazine rings is 1. The average molecular weight is 429 g/mol. The molecular weight excluding hydrogens is 405 g/mol. The average Bonchev–Trinajstić information content (AvgIpc) is 3.15. The zero-order valence-corrected chi connectivity index (χ0v) is 17.8. The van der Waals surface area contributed by atoms with Gasteiger partial charge in [-0.2, -0.15) is 0 Å². The van der Waals surface area contributed by atoms with Crippen LogP contribution in [0.1, 0.15) is 25.3 Å². The Balaban J connectivity index is 1.53. The molecule has 2 unspecified atom stereocenters. The van der Waals surface area contributed by atoms with Gasteiger partial charge in [-0.25, -0.2) is 14.4 Å². The Hall–Kier alpha value is -3.32. The smallest absolute Gasteiger partial charge is 0.175 e. The van der Waals surface area contributed by atoms with Crippen LogP contribution in [0.4, 0.5) is 10.2 Å². The summed E-state index contributed by atoms with van der Waals surface area (Å²) >= 11 is 0. The monoisotopic (exact) mass is 429 g/mol. The molecule has 0 aliphatic carbocycles. The van der Waals surface area contributed by atoms with Crippen LogP contribution in [0.25, 0.3) is 32.9 Å². The molecule has 0 spiro atoms. The molecule has 2 bridgehead atoms. The second-order valence-electron chi connectivity index (χ2n) is 8.79. The van der Waals surface area contributed by atoms with Crippen LogP contribution in [0.5, 0.6) is 5.75 Å². The van der Waals surface area contributed by atoms with Crippen LogP contribution in [0.2, 0.25) is 0 Å². The van der Waals surface area contributed by atoms with Gasteiger partial charge >= 0.3 is 0 Å². The highest BCUT2D eigenvalue weighted by atomic mass is 19.1. The topological polar surface area (TPSA) is 74.2 Å². The van der Waals surface area contributed by atoms with Gasteiger partial charge in [-0.05, 0) is 47.7 Å². The number of nitrogens with zero attached hydrogens (tertiary/aromatic N) is 4. The van der Waals surface area contributed by atoms with Crippen molar-refractivity contribution in [3.8, 4) is 17.0 Å². The molecule has 0 amide bonds. The predicted molar refractivity (Wildman–Crippen MR) is 123 cm³/mol. The number of nitrogens with one attached hydrogen (secondary N) is 1. The maximum absolute atomic E-state index is 15.9. The second-order valence-corrected chi connectivity index (χ2v) is 8.79. The first-order chi connectivity index (χ1) is 15.6. The number of aryl methyl sites for hydroxylation is 1. The highest BCUT2D eigenvalue weighted by Crippen LogP contribution is 2.38. The van der Waals surface area contributed by atoms with Crippen molar-refractivity contribution in [1.82, 2.24) is 20.3 Å². The molecule has 4 aromatic rings. The van der Waals surface area contributed by atoms with Crippen molar-refractivity contribution in [2.45, 2.75) is 38.3 Å². The van der Waals surface area contributed by atoms with Gasteiger partial charge in [0.25, 0.3) is 0 Å². The van der Waals surface area contributed by atoms with E-state index in [1.165, 1.54) is 6.33 Å². The van der Waals surface area contributed by atoms with Gasteiger partial charge < -0.3 is 15.3 Å². The van der Waals surface area contributed by atoms with Crippen molar-refractivity contribution >= 4 is 27.5 Å². The first-order valence-corrected chi connectivity index (χ1v) is 11.2. The molecule has 2 N–H and O–H groups in total. The molecule has 2 aliphatic heterocycles. The molecule has 6 nitrogen and oxygen atoms in total. The van der Waals surface area contributed by atoms with Crippen molar-refractivity contribution in [1.29, 1.82) is 0 Å². The van der Waals surface area contributed by atoms with Crippen molar-refractivity contribution in [3.63, 3.8) is 0 Å². The van der Waals surface area contributed by atoms with E-state index in [1.54, 1.807) is 18.3 Å². The summed E-state index contributed by atoms with van der Waals surface area (Å²) < 4.78 is 15.9. The Morgan fingerprint density at radius 2 is 1.94 bits per heavy atom. The van der Waals surface area contributed by atoms with E-state index in [0.717, 1.165) is 54.5 Å². The summed E-state index contributed by atoms with van der Waals surface area (Å²) in [4.78, 5) is 15.6. The SMILES string of the molecule is CCc1cccc2cc(O)cc(-c3ncc4c(N5CC6CCC(C5)N6)ncnc4c3F)c12. The number of halogens is 1. The third-order valence-electron chi connectivity index (χ3n) is 6.80. The van der Waals surface area contributed by atoms with E-state index in [2.05, 4.69) is 32.1 Å². The fraction of sp³-hybridized carbons (Fsp3) is 0.320. The van der Waals surface area contributed by atoms with Gasteiger partial charge in [-0.3, -0.25) is 4.98 Å². The molecule has 2 saturated heterocycles. The number of phenolic OH excluding ortho intramolecular Hbond substituents is 1. The van der Waals surface area contributed by atoms with Crippen molar-refractivity contribution in [2.75, 3.05) is 18.0 Å². The number of aromatic nitrogens is 3. The maximum atomic E-state index is 15.9. The second kappa shape index (κ2) is 7.38. The minimum atomic E-state index is -0.484. The third-order valence-corrected chi connectivity index (χ3v) is 6.80. The van der Waals surface area contributed by atoms with Crippen LogP contribution in [-0.4, -0.2) is 45.2 Å². The zero-order chi connectivity index (χ0) is 21.8. The summed E-state index contributed by atoms with van der Waals surface area (Å²) in [6.07, 6.45) is 6.22. The molecule has 32 heavy (non-hydrogen) atoms. The lowest BCUT2D eigenvalue weighted by Gasteiger charge is -2.34. The van der Waals surface area contributed by atoms with E-state index in [4.69, 9.17) is 0 Å². The number of hydrogen-bond donors (Lipinski definition) is 2. The van der Waals surface area contributed by atoms with Crippen LogP contribution in [0, 0.1) is 5.82 Å². The van der Waals surface area contributed by atoms with Gasteiger partial charge in [0.1, 0.15) is 29.1 Å². The van der Waals surface area contributed by atoms with Crippen molar-refractivity contribution < 1.29 is 9.50 Å². The van der Waals surface area contributed by atoms with E-state index in [-0.39, 0.29) is 17.0 Å². The lowest BCUT2D eigenvalue weighted by molar-refractivity contribution is 0.464. The fourth-order valence-electron chi connectivity index (χ4n) is 5.36. The van der Waals surface area contributed by atoms with Gasteiger partial charge in [0, 0.05) is 36.9 Å². The fourth-order valence-corrected chi connectivity index (χ4v) is 5.36. The number of hydrogen-bond acceptors (Lipinski definition) is 6. The maximum Gasteiger partial charge on any atom is 0.175 e. The molecule has 2 aromatic heterocycles. The van der Waals surface area contributed by atoms with Crippen LogP contribution in [0.3, 0.4) is 0 Å². The van der Waals surface area contributed by atoms with E-state index in [9.17, 15) is 5.11 Å². The van der Waals surface area contributed by atoms with E-state index in [0.29, 0.717) is 23.0 Å². The minimum Gasteiger partial charge on any atom is -0.508 e. The van der Waals surface area contributed by atoms with Crippen LogP contribution < -0.4 is 10.2 Å². The number of rotatable bonds is 3. The van der Waals surface area contributed by atoms with Gasteiger partial charge in [-0.1, -0.05) is 25.1 Å². The van der Waals surface area contributed by atoms with Crippen LogP contribution in [0.15, 0.2) is 42.9 Å². The molecule has 2 aliphatic rings. The first kappa shape index (κ1) is 19.4. The lowest BCUT2D eigenvalue weighted by Crippen LogP contribution is -2.51. The number of phenols is 1. The molecule has 2 fully saturated rings. The highest BCUT2D eigenvalue weighted by Gasteiger charge is 2.33. The molecule has 7 heteroatoms. The van der Waals surface area contributed by atoms with E-state index in [1.807, 2.05) is 18.2 Å². The summed E-state index contributed by atoms with van der Waals surface area (Å²) in [7, 11) is 0. The zero-order valence-electron chi connectivity index (χ0n) is 17.8. The molecule has 2 aromatic carbocycles. The Labute approximate surface area is 185 Å². The molecule has 4 heterocycles. The van der Waals surface area contributed by atoms with E-state index >= 15 is 4.39 Å². The quantitative estimate of drug-likeness (QED) is 0.509. The largest absolute Gasteiger partial charge is 0.508 e. The summed E-state index contributed by atoms with van der Waals surface area (Å²) in [6.45, 7) is 3.77. The van der Waals surface area contributed by atoms with Gasteiger partial charge in [-0.15, -0.1) is 0 Å². The Morgan fingerprint density at radius 1 is 1.12 bits per heavy atom. The van der Waals surface area contributed by atoms with Crippen molar-refractivity contribution in [3.05, 3.63) is 54.2 Å². The normalized spacial score (nSPS) is 20.4. The number of aromatic hydroxyl groups is 1. The Morgan fingerprint density at radius 3 is 2.72 bits per heavy atom. The number of benzene rings is 2. The minimum absolute atomic E-state index is 0.0849. The summed E-state index contributed by atoms with van der Waals surface area (Å²) in [5, 5.41) is 16.3. The molecular formula is C25H24FN5O. The molecule has 6 rings (SSSR count). The predicted octanol–water partition coefficient (Wildman–Crippen LogP) is 4.19. The first-order valence-electron chi connectivity index (χ1n) is 11.2. The summed E-state index contributed by atoms with van der Waals surface area (Å²) in [5.74, 6) is 0.338. The van der Waals surface area contributed by atoms with Crippen LogP contribution in [-0.2, 0) is 6.42 Å². The van der Waals surface area contributed by atoms with Gasteiger partial charge in [0.2, 0.25) is 0 Å². The van der Waals surface area contributed by atoms with Crippen LogP contribution >= 0.6 is 0 Å². The Bertz CT molecular complexity index is 1350. The number of fused-ring (bicyclic) bond motifs is 4. The molecule has 0 radical (unpaired) electrons. The van der Waals surface area contributed by atoms with Crippen molar-refractivity contribution in [2.24, 2.45) is 0 Å². The summed E-state index contributed by atoms with van der Waals surface area (Å²) in [5.41, 5.74) is 2.12. The standard InChI is InChI=1S/C25H24FN5O/c1-2-14-4-3-5-15-8-18(32)9-19(21(14)15)23-22(26)24-20(10-27-23)25(29-13-28-24)31-11-16-6-7-17(12-31)30-16/h3-5,8-10,13,16-17,30,32H,2,6-7,11-12H2,1H3. The highest BCUT2D eigenvalue weighted by molar-refractivity contribution is 6.01. The number of anilines is 1. The Kier molecular flexibility index (Phi) is 4.47. The van der Waals surface area contributed by atoms with E-state index < -0.39 is 5.82 Å². The molecule has 2 atom stereocenters. The summed E-state index contributed by atoms with van der Waals surface area (Å²) in [6, 6.07) is 10.1. The van der Waals surface area contributed by atoms with Gasteiger partial charge in [0.15, 0.2) is 5.82 Å². The lowest BCUT2D eigenvalue weighted by atomic mass is 9.95. The molecule has 0 saturated carbocycles. The van der Waals surface area contributed by atoms with Gasteiger partial charge in [0.05, 0.1) is 5.39 Å². The third kappa shape index (κ3) is 2.99. The number of pyridine rings is 1.